The predicted octanol–water partition coefficient (Wildman–Crippen LogP) is 5.53. The predicted molar refractivity (Wildman–Crippen MR) is 119 cm³/mol. The Morgan fingerprint density at radius 2 is 1.71 bits per heavy atom. The van der Waals surface area contributed by atoms with Crippen molar-refractivity contribution in [2.75, 3.05) is 17.3 Å². The van der Waals surface area contributed by atoms with Gasteiger partial charge in [0, 0.05) is 34.1 Å². The van der Waals surface area contributed by atoms with E-state index in [1.165, 1.54) is 17.0 Å². The first-order valence-corrected chi connectivity index (χ1v) is 9.59. The van der Waals surface area contributed by atoms with E-state index in [-0.39, 0.29) is 17.2 Å². The van der Waals surface area contributed by atoms with Crippen LogP contribution in [0.25, 0.3) is 0 Å². The molecule has 142 valence electrons. The van der Waals surface area contributed by atoms with Gasteiger partial charge >= 0.3 is 0 Å². The van der Waals surface area contributed by atoms with Gasteiger partial charge < -0.3 is 10.2 Å². The zero-order chi connectivity index (χ0) is 20.3. The third-order valence-electron chi connectivity index (χ3n) is 4.35. The molecule has 1 N–H and O–H groups in total. The van der Waals surface area contributed by atoms with E-state index in [0.717, 1.165) is 14.8 Å². The first-order chi connectivity index (χ1) is 13.4. The van der Waals surface area contributed by atoms with Crippen molar-refractivity contribution in [1.29, 1.82) is 0 Å². The fourth-order valence-corrected chi connectivity index (χ4v) is 3.44. The number of hydrogen-bond donors (Lipinski definition) is 1. The van der Waals surface area contributed by atoms with Crippen molar-refractivity contribution in [3.8, 4) is 0 Å². The van der Waals surface area contributed by atoms with Crippen molar-refractivity contribution in [1.82, 2.24) is 0 Å². The number of halogens is 1. The smallest absolute Gasteiger partial charge is 0.270 e. The molecule has 3 aromatic rings. The van der Waals surface area contributed by atoms with E-state index in [1.54, 1.807) is 13.1 Å². The zero-order valence-corrected chi connectivity index (χ0v) is 17.5. The van der Waals surface area contributed by atoms with E-state index >= 15 is 0 Å². The summed E-state index contributed by atoms with van der Waals surface area (Å²) in [5, 5.41) is 14.5. The van der Waals surface area contributed by atoms with E-state index in [9.17, 15) is 14.9 Å². The molecule has 6 nitrogen and oxygen atoms in total. The highest BCUT2D eigenvalue weighted by Gasteiger charge is 2.21. The van der Waals surface area contributed by atoms with Gasteiger partial charge in [0.1, 0.15) is 0 Å². The lowest BCUT2D eigenvalue weighted by atomic mass is 10.1. The molecule has 0 heterocycles. The summed E-state index contributed by atoms with van der Waals surface area (Å²) >= 11 is 2.23. The molecule has 0 aliphatic carbocycles. The van der Waals surface area contributed by atoms with Crippen LogP contribution >= 0.6 is 22.6 Å². The Balaban J connectivity index is 2.03. The lowest BCUT2D eigenvalue weighted by Crippen LogP contribution is -2.27. The first-order valence-electron chi connectivity index (χ1n) is 8.51. The Labute approximate surface area is 176 Å². The molecular formula is C21H18IN3O3. The van der Waals surface area contributed by atoms with Gasteiger partial charge in [-0.25, -0.2) is 0 Å². The van der Waals surface area contributed by atoms with E-state index < -0.39 is 4.92 Å². The van der Waals surface area contributed by atoms with Crippen LogP contribution in [0.4, 0.5) is 22.7 Å². The number of carbonyl (C=O) groups is 1. The molecule has 0 saturated carbocycles. The van der Waals surface area contributed by atoms with Crippen molar-refractivity contribution in [2.24, 2.45) is 0 Å². The molecule has 3 aromatic carbocycles. The molecule has 28 heavy (non-hydrogen) atoms. The highest BCUT2D eigenvalue weighted by molar-refractivity contribution is 14.1. The highest BCUT2D eigenvalue weighted by atomic mass is 127. The number of nitrogens with zero attached hydrogens (tertiary/aromatic N) is 2. The van der Waals surface area contributed by atoms with Gasteiger partial charge in [0.05, 0.1) is 16.2 Å². The number of benzene rings is 3. The van der Waals surface area contributed by atoms with Crippen molar-refractivity contribution in [3.63, 3.8) is 0 Å². The van der Waals surface area contributed by atoms with Crippen LogP contribution in [0.2, 0.25) is 0 Å². The molecule has 0 unspecified atom stereocenters. The van der Waals surface area contributed by atoms with Crippen LogP contribution in [0.15, 0.2) is 66.7 Å². The standard InChI is InChI=1S/C21H18IN3O3/c1-14-12-15(22)8-10-19(14)23-20-11-9-17(25(27)28)13-18(20)21(26)24(2)16-6-4-3-5-7-16/h3-13,23H,1-2H3. The SMILES string of the molecule is Cc1cc(I)ccc1Nc1ccc([N+](=O)[O-])cc1C(=O)N(C)c1ccccc1. The third kappa shape index (κ3) is 4.30. The molecule has 0 fully saturated rings. The summed E-state index contributed by atoms with van der Waals surface area (Å²) in [5.41, 5.74) is 3.18. The molecule has 0 aromatic heterocycles. The maximum absolute atomic E-state index is 13.1. The number of carbonyl (C=O) groups excluding carboxylic acids is 1. The average molecular weight is 487 g/mol. The van der Waals surface area contributed by atoms with Crippen LogP contribution in [0.5, 0.6) is 0 Å². The normalized spacial score (nSPS) is 10.4. The van der Waals surface area contributed by atoms with Gasteiger partial charge in [-0.05, 0) is 71.5 Å². The molecule has 0 spiro atoms. The van der Waals surface area contributed by atoms with Gasteiger partial charge in [0.2, 0.25) is 0 Å². The number of non-ortho nitro benzene ring substituents is 1. The number of amides is 1. The van der Waals surface area contributed by atoms with Crippen LogP contribution in [0, 0.1) is 20.6 Å². The third-order valence-corrected chi connectivity index (χ3v) is 5.02. The second-order valence-electron chi connectivity index (χ2n) is 6.27. The minimum absolute atomic E-state index is 0.130. The molecule has 0 radical (unpaired) electrons. The molecule has 0 atom stereocenters. The van der Waals surface area contributed by atoms with Gasteiger partial charge in [0.15, 0.2) is 0 Å². The minimum atomic E-state index is -0.501. The van der Waals surface area contributed by atoms with Gasteiger partial charge in [-0.3, -0.25) is 14.9 Å². The Kier molecular flexibility index (Phi) is 5.93. The first kappa shape index (κ1) is 19.8. The summed E-state index contributed by atoms with van der Waals surface area (Å²) < 4.78 is 1.10. The maximum atomic E-state index is 13.1. The summed E-state index contributed by atoms with van der Waals surface area (Å²) in [7, 11) is 1.65. The van der Waals surface area contributed by atoms with Crippen LogP contribution in [-0.2, 0) is 0 Å². The van der Waals surface area contributed by atoms with Crippen molar-refractivity contribution >= 4 is 51.2 Å². The van der Waals surface area contributed by atoms with Gasteiger partial charge in [-0.15, -0.1) is 0 Å². The topological polar surface area (TPSA) is 75.5 Å². The number of nitro benzene ring substituents is 1. The minimum Gasteiger partial charge on any atom is -0.355 e. The highest BCUT2D eigenvalue weighted by Crippen LogP contribution is 2.29. The molecule has 3 rings (SSSR count). The van der Waals surface area contributed by atoms with Gasteiger partial charge in [0.25, 0.3) is 11.6 Å². The Morgan fingerprint density at radius 1 is 1.04 bits per heavy atom. The second kappa shape index (κ2) is 8.39. The Hall–Kier alpha value is -2.94. The number of hydrogen-bond acceptors (Lipinski definition) is 4. The number of anilines is 3. The number of nitrogens with one attached hydrogen (secondary N) is 1. The number of aryl methyl sites for hydroxylation is 1. The van der Waals surface area contributed by atoms with Gasteiger partial charge in [-0.1, -0.05) is 18.2 Å². The Morgan fingerprint density at radius 3 is 2.36 bits per heavy atom. The quantitative estimate of drug-likeness (QED) is 0.292. The summed E-state index contributed by atoms with van der Waals surface area (Å²) in [4.78, 5) is 25.3. The zero-order valence-electron chi connectivity index (χ0n) is 15.3. The number of nitro groups is 1. The van der Waals surface area contributed by atoms with Crippen molar-refractivity contribution in [2.45, 2.75) is 6.92 Å². The van der Waals surface area contributed by atoms with E-state index in [0.29, 0.717) is 11.4 Å². The van der Waals surface area contributed by atoms with Crippen molar-refractivity contribution in [3.05, 3.63) is 91.5 Å². The number of rotatable bonds is 5. The van der Waals surface area contributed by atoms with Gasteiger partial charge in [-0.2, -0.15) is 0 Å². The summed E-state index contributed by atoms with van der Waals surface area (Å²) in [6.45, 7) is 1.97. The van der Waals surface area contributed by atoms with Crippen molar-refractivity contribution < 1.29 is 9.72 Å². The number of para-hydroxylation sites is 1. The Bertz CT molecular complexity index is 1040. The fourth-order valence-electron chi connectivity index (χ4n) is 2.79. The molecule has 7 heteroatoms. The lowest BCUT2D eigenvalue weighted by molar-refractivity contribution is -0.384. The maximum Gasteiger partial charge on any atom is 0.270 e. The van der Waals surface area contributed by atoms with Crippen LogP contribution in [0.3, 0.4) is 0 Å². The molecular weight excluding hydrogens is 469 g/mol. The molecule has 0 saturated heterocycles. The lowest BCUT2D eigenvalue weighted by Gasteiger charge is -2.20. The van der Waals surface area contributed by atoms with E-state index in [2.05, 4.69) is 27.9 Å². The second-order valence-corrected chi connectivity index (χ2v) is 7.52. The average Bonchev–Trinajstić information content (AvgIpc) is 2.69. The van der Waals surface area contributed by atoms with E-state index in [4.69, 9.17) is 0 Å². The summed E-state index contributed by atoms with van der Waals surface area (Å²) in [6, 6.07) is 19.3. The molecule has 1 amide bonds. The monoisotopic (exact) mass is 487 g/mol. The van der Waals surface area contributed by atoms with Crippen LogP contribution in [0.1, 0.15) is 15.9 Å². The summed E-state index contributed by atoms with van der Waals surface area (Å²) in [5.74, 6) is -0.333. The molecule has 0 aliphatic heterocycles. The largest absolute Gasteiger partial charge is 0.355 e. The molecule has 0 aliphatic rings. The van der Waals surface area contributed by atoms with Crippen LogP contribution < -0.4 is 10.2 Å². The van der Waals surface area contributed by atoms with Crippen LogP contribution in [-0.4, -0.2) is 17.9 Å². The summed E-state index contributed by atoms with van der Waals surface area (Å²) in [6.07, 6.45) is 0. The fraction of sp³-hybridized carbons (Fsp3) is 0.0952. The molecule has 0 bridgehead atoms. The van der Waals surface area contributed by atoms with E-state index in [1.807, 2.05) is 55.5 Å².